The summed E-state index contributed by atoms with van der Waals surface area (Å²) in [5.41, 5.74) is 0. The molecule has 0 atom stereocenters. The quantitative estimate of drug-likeness (QED) is 0.520. The molecule has 0 saturated carbocycles. The Kier molecular flexibility index (Phi) is 7.74. The van der Waals surface area contributed by atoms with E-state index in [0.29, 0.717) is 12.4 Å². The van der Waals surface area contributed by atoms with Gasteiger partial charge in [0, 0.05) is 0 Å². The Morgan fingerprint density at radius 2 is 1.36 bits per heavy atom. The lowest BCUT2D eigenvalue weighted by molar-refractivity contribution is -0.140. The molecule has 0 N–H and O–H groups in total. The molecule has 0 spiro atoms. The third kappa shape index (κ3) is 5.96. The van der Waals surface area contributed by atoms with E-state index >= 15 is 0 Å². The van der Waals surface area contributed by atoms with Crippen LogP contribution in [0.5, 0.6) is 23.0 Å². The molecular weight excluding hydrogens is 324 g/mol. The van der Waals surface area contributed by atoms with Crippen LogP contribution in [0, 0.1) is 11.8 Å². The predicted octanol–water partition coefficient (Wildman–Crippen LogP) is 4.00. The summed E-state index contributed by atoms with van der Waals surface area (Å²) in [6.45, 7) is 12.8. The van der Waals surface area contributed by atoms with Crippen LogP contribution in [0.15, 0.2) is 12.1 Å². The largest absolute Gasteiger partial charge is 0.487 e. The minimum Gasteiger partial charge on any atom is -0.487 e. The highest BCUT2D eigenvalue weighted by atomic mass is 16.6. The molecule has 140 valence electrons. The van der Waals surface area contributed by atoms with Gasteiger partial charge in [0.15, 0.2) is 11.5 Å². The van der Waals surface area contributed by atoms with Crippen molar-refractivity contribution in [1.82, 2.24) is 0 Å². The van der Waals surface area contributed by atoms with Crippen LogP contribution in [0.4, 0.5) is 0 Å². The fourth-order valence-electron chi connectivity index (χ4n) is 1.78. The minimum absolute atomic E-state index is 0.0627. The monoisotopic (exact) mass is 352 g/mol. The van der Waals surface area contributed by atoms with Gasteiger partial charge in [0.25, 0.3) is 0 Å². The van der Waals surface area contributed by atoms with Gasteiger partial charge in [-0.25, -0.2) is 0 Å². The summed E-state index contributed by atoms with van der Waals surface area (Å²) in [5, 5.41) is 0. The van der Waals surface area contributed by atoms with E-state index in [-0.39, 0.29) is 35.2 Å². The fraction of sp³-hybridized carbons (Fsp3) is 0.579. The molecule has 25 heavy (non-hydrogen) atoms. The Labute approximate surface area is 149 Å². The number of rotatable bonds is 8. The zero-order chi connectivity index (χ0) is 19.1. The molecule has 0 aliphatic heterocycles. The van der Waals surface area contributed by atoms with Crippen LogP contribution in [0.2, 0.25) is 0 Å². The van der Waals surface area contributed by atoms with E-state index in [1.165, 1.54) is 0 Å². The third-order valence-electron chi connectivity index (χ3n) is 3.05. The first-order chi connectivity index (χ1) is 11.7. The van der Waals surface area contributed by atoms with Crippen molar-refractivity contribution in [3.63, 3.8) is 0 Å². The Hall–Kier alpha value is -2.24. The van der Waals surface area contributed by atoms with Gasteiger partial charge in [-0.15, -0.1) is 0 Å². The zero-order valence-corrected chi connectivity index (χ0v) is 16.0. The molecule has 0 aromatic heterocycles. The molecule has 0 saturated heterocycles. The van der Waals surface area contributed by atoms with E-state index in [4.69, 9.17) is 18.9 Å². The van der Waals surface area contributed by atoms with Crippen LogP contribution in [0.3, 0.4) is 0 Å². The molecule has 1 rings (SSSR count). The summed E-state index contributed by atoms with van der Waals surface area (Å²) in [4.78, 5) is 24.1. The summed E-state index contributed by atoms with van der Waals surface area (Å²) < 4.78 is 22.2. The van der Waals surface area contributed by atoms with Gasteiger partial charge in [-0.05, 0) is 32.9 Å². The maximum absolute atomic E-state index is 12.1. The van der Waals surface area contributed by atoms with Crippen LogP contribution >= 0.6 is 0 Å². The van der Waals surface area contributed by atoms with Gasteiger partial charge in [-0.3, -0.25) is 9.59 Å². The van der Waals surface area contributed by atoms with E-state index in [2.05, 4.69) is 0 Å². The highest BCUT2D eigenvalue weighted by Crippen LogP contribution is 2.45. The van der Waals surface area contributed by atoms with Crippen molar-refractivity contribution in [2.45, 2.75) is 54.6 Å². The number of carbonyl (C=O) groups is 2. The van der Waals surface area contributed by atoms with E-state index in [1.807, 2.05) is 13.8 Å². The summed E-state index contributed by atoms with van der Waals surface area (Å²) in [6, 6.07) is 3.18. The Morgan fingerprint density at radius 3 is 1.84 bits per heavy atom. The van der Waals surface area contributed by atoms with Crippen LogP contribution in [-0.2, 0) is 9.59 Å². The maximum Gasteiger partial charge on any atom is 0.314 e. The van der Waals surface area contributed by atoms with E-state index in [0.717, 1.165) is 0 Å². The second kappa shape index (κ2) is 9.30. The van der Waals surface area contributed by atoms with E-state index in [9.17, 15) is 9.59 Å². The lowest BCUT2D eigenvalue weighted by Crippen LogP contribution is -2.19. The first kappa shape index (κ1) is 20.8. The molecule has 1 aromatic carbocycles. The normalized spacial score (nSPS) is 11.0. The summed E-state index contributed by atoms with van der Waals surface area (Å²) in [6.07, 6.45) is -0.100. The zero-order valence-electron chi connectivity index (χ0n) is 16.0. The standard InChI is InChI=1S/C19H28O6/c1-8-22-16-14(23-13(6)7)9-10-15(24-18(20)11(2)3)17(16)25-19(21)12(4)5/h9-13H,8H2,1-7H3. The minimum atomic E-state index is -0.454. The SMILES string of the molecule is CCOc1c(OC(C)C)ccc(OC(=O)C(C)C)c1OC(=O)C(C)C. The lowest BCUT2D eigenvalue weighted by atomic mass is 10.2. The molecule has 0 fully saturated rings. The Morgan fingerprint density at radius 1 is 0.840 bits per heavy atom. The number of ether oxygens (including phenoxy) is 4. The highest BCUT2D eigenvalue weighted by Gasteiger charge is 2.25. The molecule has 0 aliphatic carbocycles. The Bertz CT molecular complexity index is 604. The van der Waals surface area contributed by atoms with Gasteiger partial charge in [0.05, 0.1) is 24.5 Å². The van der Waals surface area contributed by atoms with Crippen molar-refractivity contribution in [2.24, 2.45) is 11.8 Å². The highest BCUT2D eigenvalue weighted by molar-refractivity contribution is 5.80. The fourth-order valence-corrected chi connectivity index (χ4v) is 1.78. The van der Waals surface area contributed by atoms with E-state index in [1.54, 1.807) is 46.8 Å². The van der Waals surface area contributed by atoms with Crippen LogP contribution < -0.4 is 18.9 Å². The first-order valence-corrected chi connectivity index (χ1v) is 8.57. The van der Waals surface area contributed by atoms with Crippen molar-refractivity contribution in [3.05, 3.63) is 12.1 Å². The van der Waals surface area contributed by atoms with Crippen LogP contribution in [-0.4, -0.2) is 24.6 Å². The van der Waals surface area contributed by atoms with Gasteiger partial charge >= 0.3 is 11.9 Å². The number of hydrogen-bond acceptors (Lipinski definition) is 6. The average molecular weight is 352 g/mol. The van der Waals surface area contributed by atoms with Crippen molar-refractivity contribution < 1.29 is 28.5 Å². The number of esters is 2. The van der Waals surface area contributed by atoms with Crippen molar-refractivity contribution in [1.29, 1.82) is 0 Å². The van der Waals surface area contributed by atoms with Crippen molar-refractivity contribution in [3.8, 4) is 23.0 Å². The molecule has 0 bridgehead atoms. The van der Waals surface area contributed by atoms with Gasteiger partial charge in [-0.1, -0.05) is 27.7 Å². The molecule has 6 heteroatoms. The number of carbonyl (C=O) groups excluding carboxylic acids is 2. The Balaban J connectivity index is 3.41. The van der Waals surface area contributed by atoms with Crippen molar-refractivity contribution >= 4 is 11.9 Å². The maximum atomic E-state index is 12.1. The summed E-state index contributed by atoms with van der Waals surface area (Å²) in [5.74, 6) is -0.688. The van der Waals surface area contributed by atoms with Crippen LogP contribution in [0.25, 0.3) is 0 Å². The third-order valence-corrected chi connectivity index (χ3v) is 3.05. The average Bonchev–Trinajstić information content (AvgIpc) is 2.51. The van der Waals surface area contributed by atoms with Crippen LogP contribution in [0.1, 0.15) is 48.5 Å². The topological polar surface area (TPSA) is 71.1 Å². The van der Waals surface area contributed by atoms with E-state index < -0.39 is 11.9 Å². The molecule has 1 aromatic rings. The number of hydrogen-bond donors (Lipinski definition) is 0. The first-order valence-electron chi connectivity index (χ1n) is 8.57. The molecule has 0 unspecified atom stereocenters. The molecule has 6 nitrogen and oxygen atoms in total. The van der Waals surface area contributed by atoms with Crippen molar-refractivity contribution in [2.75, 3.05) is 6.61 Å². The van der Waals surface area contributed by atoms with Gasteiger partial charge in [0.1, 0.15) is 0 Å². The molecule has 0 amide bonds. The molecule has 0 heterocycles. The molecule has 0 radical (unpaired) electrons. The summed E-state index contributed by atoms with van der Waals surface area (Å²) in [7, 11) is 0. The van der Waals surface area contributed by atoms with Gasteiger partial charge in [0.2, 0.25) is 11.5 Å². The smallest absolute Gasteiger partial charge is 0.314 e. The van der Waals surface area contributed by atoms with Gasteiger partial charge in [-0.2, -0.15) is 0 Å². The predicted molar refractivity (Wildman–Crippen MR) is 94.3 cm³/mol. The molecule has 0 aliphatic rings. The second-order valence-corrected chi connectivity index (χ2v) is 6.47. The summed E-state index contributed by atoms with van der Waals surface area (Å²) >= 11 is 0. The lowest BCUT2D eigenvalue weighted by Gasteiger charge is -2.20. The second-order valence-electron chi connectivity index (χ2n) is 6.47. The van der Waals surface area contributed by atoms with Gasteiger partial charge < -0.3 is 18.9 Å². The molecular formula is C19H28O6. The number of benzene rings is 1.